The maximum absolute atomic E-state index is 5.95. The molecule has 0 aliphatic rings. The van der Waals surface area contributed by atoms with Gasteiger partial charge in [0.2, 0.25) is 0 Å². The zero-order valence-corrected chi connectivity index (χ0v) is 12.4. The second-order valence-corrected chi connectivity index (χ2v) is 5.75. The lowest BCUT2D eigenvalue weighted by Crippen LogP contribution is -2.10. The third kappa shape index (κ3) is 3.78. The molecule has 0 aromatic carbocycles. The highest BCUT2D eigenvalue weighted by Crippen LogP contribution is 2.27. The smallest absolute Gasteiger partial charge is 0.101 e. The van der Waals surface area contributed by atoms with Gasteiger partial charge in [-0.15, -0.1) is 0 Å². The van der Waals surface area contributed by atoms with Crippen molar-refractivity contribution in [2.45, 2.75) is 43.2 Å². The maximum atomic E-state index is 5.95. The molecule has 0 bridgehead atoms. The number of pyridine rings is 2. The van der Waals surface area contributed by atoms with Gasteiger partial charge in [0, 0.05) is 22.8 Å². The van der Waals surface area contributed by atoms with Crippen molar-refractivity contribution >= 4 is 11.8 Å². The Kier molecular flexibility index (Phi) is 4.56. The van der Waals surface area contributed by atoms with Gasteiger partial charge in [-0.3, -0.25) is 4.98 Å². The molecule has 0 spiro atoms. The molecule has 2 aromatic rings. The van der Waals surface area contributed by atoms with Crippen LogP contribution in [0.4, 0.5) is 0 Å². The first kappa shape index (κ1) is 14.0. The van der Waals surface area contributed by atoms with E-state index >= 15 is 0 Å². The van der Waals surface area contributed by atoms with Crippen molar-refractivity contribution < 1.29 is 0 Å². The van der Waals surface area contributed by atoms with E-state index in [0.29, 0.717) is 0 Å². The molecule has 1 unspecified atom stereocenters. The summed E-state index contributed by atoms with van der Waals surface area (Å²) in [6, 6.07) is 8.24. The minimum absolute atomic E-state index is 0.0263. The molecule has 2 N–H and O–H groups in total. The molecule has 2 rings (SSSR count). The Morgan fingerprint density at radius 2 is 2.05 bits per heavy atom. The highest BCUT2D eigenvalue weighted by Gasteiger charge is 2.06. The van der Waals surface area contributed by atoms with Crippen molar-refractivity contribution in [2.24, 2.45) is 5.73 Å². The molecule has 3 nitrogen and oxygen atoms in total. The van der Waals surface area contributed by atoms with Crippen molar-refractivity contribution in [1.29, 1.82) is 0 Å². The first-order chi connectivity index (χ1) is 9.08. The van der Waals surface area contributed by atoms with E-state index in [2.05, 4.69) is 42.0 Å². The van der Waals surface area contributed by atoms with Gasteiger partial charge in [-0.2, -0.15) is 0 Å². The second kappa shape index (κ2) is 6.17. The van der Waals surface area contributed by atoms with E-state index in [1.807, 2.05) is 19.2 Å². The lowest BCUT2D eigenvalue weighted by molar-refractivity contribution is 0.674. The number of rotatable bonds is 4. The summed E-state index contributed by atoms with van der Waals surface area (Å²) < 4.78 is 0. The van der Waals surface area contributed by atoms with Crippen LogP contribution in [0.5, 0.6) is 0 Å². The molecule has 0 saturated carbocycles. The highest BCUT2D eigenvalue weighted by molar-refractivity contribution is 7.99. The van der Waals surface area contributed by atoms with Crippen LogP contribution in [0.2, 0.25) is 0 Å². The number of nitrogens with two attached hydrogens (primary N) is 1. The largest absolute Gasteiger partial charge is 0.323 e. The van der Waals surface area contributed by atoms with Crippen LogP contribution in [0.15, 0.2) is 40.4 Å². The summed E-state index contributed by atoms with van der Waals surface area (Å²) in [6.45, 7) is 6.16. The number of hydrogen-bond donors (Lipinski definition) is 1. The molecule has 100 valence electrons. The monoisotopic (exact) mass is 273 g/mol. The van der Waals surface area contributed by atoms with Crippen LogP contribution >= 0.6 is 11.8 Å². The Balaban J connectivity index is 2.15. The van der Waals surface area contributed by atoms with E-state index in [4.69, 9.17) is 5.73 Å². The van der Waals surface area contributed by atoms with Crippen molar-refractivity contribution in [1.82, 2.24) is 9.97 Å². The van der Waals surface area contributed by atoms with E-state index < -0.39 is 0 Å². The second-order valence-electron chi connectivity index (χ2n) is 4.66. The lowest BCUT2D eigenvalue weighted by Gasteiger charge is -2.08. The molecule has 2 aromatic heterocycles. The molecule has 1 atom stereocenters. The van der Waals surface area contributed by atoms with Gasteiger partial charge in [0.05, 0.1) is 5.69 Å². The van der Waals surface area contributed by atoms with Gasteiger partial charge in [0.25, 0.3) is 0 Å². The number of hydrogen-bond acceptors (Lipinski definition) is 4. The third-order valence-electron chi connectivity index (χ3n) is 2.88. The molecular weight excluding hydrogens is 254 g/mol. The van der Waals surface area contributed by atoms with E-state index in [9.17, 15) is 0 Å². The average molecular weight is 273 g/mol. The molecule has 0 amide bonds. The minimum atomic E-state index is 0.0263. The molecule has 2 heterocycles. The van der Waals surface area contributed by atoms with Gasteiger partial charge < -0.3 is 5.73 Å². The van der Waals surface area contributed by atoms with Crippen molar-refractivity contribution in [3.63, 3.8) is 0 Å². The third-order valence-corrected chi connectivity index (χ3v) is 3.77. The van der Waals surface area contributed by atoms with E-state index in [0.717, 1.165) is 27.7 Å². The summed E-state index contributed by atoms with van der Waals surface area (Å²) in [5.74, 6) is 0. The predicted molar refractivity (Wildman–Crippen MR) is 79.3 cm³/mol. The summed E-state index contributed by atoms with van der Waals surface area (Å²) in [6.07, 6.45) is 2.77. The summed E-state index contributed by atoms with van der Waals surface area (Å²) in [5, 5.41) is 1.01. The maximum Gasteiger partial charge on any atom is 0.101 e. The Hall–Kier alpha value is -1.39. The highest BCUT2D eigenvalue weighted by atomic mass is 32.2. The first-order valence-electron chi connectivity index (χ1n) is 6.43. The van der Waals surface area contributed by atoms with E-state index in [-0.39, 0.29) is 6.04 Å². The zero-order valence-electron chi connectivity index (χ0n) is 11.6. The lowest BCUT2D eigenvalue weighted by atomic mass is 10.1. The Labute approximate surface area is 118 Å². The summed E-state index contributed by atoms with van der Waals surface area (Å²) in [4.78, 5) is 10.0. The Bertz CT molecular complexity index is 532. The van der Waals surface area contributed by atoms with Crippen LogP contribution in [0, 0.1) is 13.8 Å². The topological polar surface area (TPSA) is 51.8 Å². The van der Waals surface area contributed by atoms with Gasteiger partial charge in [0.15, 0.2) is 0 Å². The van der Waals surface area contributed by atoms with Gasteiger partial charge in [-0.25, -0.2) is 4.98 Å². The van der Waals surface area contributed by atoms with Gasteiger partial charge >= 0.3 is 0 Å². The molecule has 0 radical (unpaired) electrons. The first-order valence-corrected chi connectivity index (χ1v) is 7.25. The molecule has 4 heteroatoms. The predicted octanol–water partition coefficient (Wildman–Crippen LogP) is 3.65. The van der Waals surface area contributed by atoms with Crippen molar-refractivity contribution in [2.75, 3.05) is 0 Å². The van der Waals surface area contributed by atoms with E-state index in [1.165, 1.54) is 5.56 Å². The van der Waals surface area contributed by atoms with Crippen LogP contribution in [0.1, 0.15) is 36.3 Å². The molecule has 0 fully saturated rings. The standard InChI is InChI=1S/C15H19N3S/c1-4-13(16)14-6-5-12(9-17-14)19-15-8-10(2)7-11(3)18-15/h5-9,13H,4,16H2,1-3H3. The van der Waals surface area contributed by atoms with Crippen molar-refractivity contribution in [3.8, 4) is 0 Å². The van der Waals surface area contributed by atoms with Gasteiger partial charge in [-0.1, -0.05) is 18.7 Å². The van der Waals surface area contributed by atoms with Gasteiger partial charge in [0.1, 0.15) is 5.03 Å². The summed E-state index contributed by atoms with van der Waals surface area (Å²) in [5.41, 5.74) is 9.17. The molecular formula is C15H19N3S. The van der Waals surface area contributed by atoms with Crippen LogP contribution in [0.3, 0.4) is 0 Å². The summed E-state index contributed by atoms with van der Waals surface area (Å²) in [7, 11) is 0. The quantitative estimate of drug-likeness (QED) is 0.923. The number of aryl methyl sites for hydroxylation is 2. The van der Waals surface area contributed by atoms with Crippen LogP contribution < -0.4 is 5.73 Å². The fourth-order valence-corrected chi connectivity index (χ4v) is 2.78. The van der Waals surface area contributed by atoms with Crippen LogP contribution in [0.25, 0.3) is 0 Å². The average Bonchev–Trinajstić information content (AvgIpc) is 2.37. The fourth-order valence-electron chi connectivity index (χ4n) is 1.86. The Morgan fingerprint density at radius 1 is 1.26 bits per heavy atom. The zero-order chi connectivity index (χ0) is 13.8. The molecule has 19 heavy (non-hydrogen) atoms. The minimum Gasteiger partial charge on any atom is -0.323 e. The fraction of sp³-hybridized carbons (Fsp3) is 0.333. The summed E-state index contributed by atoms with van der Waals surface area (Å²) >= 11 is 1.63. The van der Waals surface area contributed by atoms with Crippen LogP contribution in [-0.2, 0) is 0 Å². The van der Waals surface area contributed by atoms with Gasteiger partial charge in [-0.05, 0) is 50.1 Å². The normalized spacial score (nSPS) is 12.4. The SMILES string of the molecule is CCC(N)c1ccc(Sc2cc(C)cc(C)n2)cn1. The van der Waals surface area contributed by atoms with Crippen molar-refractivity contribution in [3.05, 3.63) is 47.4 Å². The molecule has 0 saturated heterocycles. The van der Waals surface area contributed by atoms with E-state index in [1.54, 1.807) is 11.8 Å². The van der Waals surface area contributed by atoms with Crippen LogP contribution in [-0.4, -0.2) is 9.97 Å². The molecule has 0 aliphatic carbocycles. The Morgan fingerprint density at radius 3 is 2.63 bits per heavy atom. The number of aromatic nitrogens is 2. The molecule has 0 aliphatic heterocycles. The number of nitrogens with zero attached hydrogens (tertiary/aromatic N) is 2.